The van der Waals surface area contributed by atoms with Gasteiger partial charge in [-0.3, -0.25) is 4.55 Å². The Labute approximate surface area is 129 Å². The summed E-state index contributed by atoms with van der Waals surface area (Å²) in [6.45, 7) is 2.54. The second kappa shape index (κ2) is 0.922. The van der Waals surface area contributed by atoms with Gasteiger partial charge in [0.2, 0.25) is 0 Å². The number of hydrogen-bond donors (Lipinski definition) is 1. The lowest BCUT2D eigenvalue weighted by molar-refractivity contribution is 0.257. The fourth-order valence-corrected chi connectivity index (χ4v) is 22.4. The molecule has 3 nitrogen and oxygen atoms in total. The molecular formula is C19H8O3S. The SMILES string of the molecule is CC1C2C13C21C32C13C21C32C13C14C56C78C9C(S(=O)(=O)O)C97C85C61C243. The third kappa shape index (κ3) is 0.147. The average Bonchev–Trinajstić information content (AvgIpc) is 3.17. The van der Waals surface area contributed by atoms with Crippen molar-refractivity contribution in [1.82, 2.24) is 0 Å². The van der Waals surface area contributed by atoms with Crippen molar-refractivity contribution in [3.63, 3.8) is 0 Å². The fourth-order valence-electron chi connectivity index (χ4n) is 20.7. The van der Waals surface area contributed by atoms with Crippen LogP contribution in [0.25, 0.3) is 0 Å². The summed E-state index contributed by atoms with van der Waals surface area (Å²) in [7, 11) is -3.72. The van der Waals surface area contributed by atoms with Gasteiger partial charge in [0.05, 0.1) is 5.25 Å². The summed E-state index contributed by atoms with van der Waals surface area (Å²) in [5.74, 6) is 2.81. The van der Waals surface area contributed by atoms with E-state index in [4.69, 9.17) is 0 Å². The first-order valence-corrected chi connectivity index (χ1v) is 11.5. The average molecular weight is 316 g/mol. The zero-order valence-electron chi connectivity index (χ0n) is 12.0. The molecular weight excluding hydrogens is 308 g/mol. The van der Waals surface area contributed by atoms with Gasteiger partial charge in [-0.05, 0) is 82.7 Å². The molecule has 0 aromatic carbocycles. The maximum absolute atomic E-state index is 11.6. The van der Waals surface area contributed by atoms with Crippen LogP contribution in [0.4, 0.5) is 0 Å². The van der Waals surface area contributed by atoms with Crippen LogP contribution in [0.3, 0.4) is 0 Å². The Morgan fingerprint density at radius 1 is 0.696 bits per heavy atom. The molecule has 0 heterocycles. The normalized spacial score (nSPS) is 138. The Morgan fingerprint density at radius 2 is 1.17 bits per heavy atom. The maximum atomic E-state index is 11.6. The first-order chi connectivity index (χ1) is 11.0. The molecule has 0 aromatic rings. The topological polar surface area (TPSA) is 54.4 Å². The summed E-state index contributed by atoms with van der Waals surface area (Å²) in [6.07, 6.45) is 0. The molecule has 1 N–H and O–H groups in total. The third-order valence-electron chi connectivity index (χ3n) is 17.5. The molecule has 0 aromatic heterocycles. The van der Waals surface area contributed by atoms with Crippen LogP contribution < -0.4 is 0 Å². The first-order valence-electron chi connectivity index (χ1n) is 9.98. The van der Waals surface area contributed by atoms with Crippen LogP contribution in [-0.2, 0) is 10.1 Å². The van der Waals surface area contributed by atoms with Crippen LogP contribution in [0.1, 0.15) is 6.92 Å². The Bertz CT molecular complexity index is 1500. The molecule has 0 aliphatic heterocycles. The van der Waals surface area contributed by atoms with E-state index in [1.165, 1.54) is 5.92 Å². The van der Waals surface area contributed by atoms with E-state index in [9.17, 15) is 13.0 Å². The molecule has 14 spiro atoms. The molecule has 18 atom stereocenters. The van der Waals surface area contributed by atoms with Crippen LogP contribution in [-0.4, -0.2) is 18.2 Å². The molecule has 16 saturated carbocycles. The Balaban J connectivity index is 0.969. The lowest BCUT2D eigenvalue weighted by Crippen LogP contribution is -2.24. The van der Waals surface area contributed by atoms with Gasteiger partial charge in [-0.15, -0.1) is 0 Å². The van der Waals surface area contributed by atoms with E-state index in [1.54, 1.807) is 0 Å². The highest BCUT2D eigenvalue weighted by Gasteiger charge is 3.89. The lowest BCUT2D eigenvalue weighted by Gasteiger charge is -2.19. The molecule has 0 saturated heterocycles. The highest BCUT2D eigenvalue weighted by molar-refractivity contribution is 7.87. The molecule has 16 fully saturated rings. The van der Waals surface area contributed by atoms with Crippen molar-refractivity contribution in [2.24, 2.45) is 93.6 Å². The highest BCUT2D eigenvalue weighted by atomic mass is 32.2. The van der Waals surface area contributed by atoms with Crippen molar-refractivity contribution in [3.05, 3.63) is 0 Å². The van der Waals surface area contributed by atoms with Crippen molar-refractivity contribution in [3.8, 4) is 0 Å². The molecule has 0 radical (unpaired) electrons. The second-order valence-corrected chi connectivity index (χ2v) is 15.1. The van der Waals surface area contributed by atoms with Crippen molar-refractivity contribution in [2.75, 3.05) is 0 Å². The summed E-state index contributed by atoms with van der Waals surface area (Å²) in [5, 5.41) is -0.278. The van der Waals surface area contributed by atoms with E-state index in [1.807, 2.05) is 0 Å². The van der Waals surface area contributed by atoms with Crippen LogP contribution in [0, 0.1) is 93.6 Å². The molecule has 16 rings (SSSR count). The van der Waals surface area contributed by atoms with Crippen molar-refractivity contribution < 1.29 is 13.0 Å². The van der Waals surface area contributed by atoms with Crippen molar-refractivity contribution >= 4 is 10.1 Å². The van der Waals surface area contributed by atoms with E-state index in [0.717, 1.165) is 65.5 Å². The minimum atomic E-state index is -3.72. The predicted molar refractivity (Wildman–Crippen MR) is 65.5 cm³/mol. The molecule has 0 bridgehead atoms. The summed E-state index contributed by atoms with van der Waals surface area (Å²) in [5.41, 5.74) is 11.7. The molecule has 16 aliphatic carbocycles. The quantitative estimate of drug-likeness (QED) is 0.700. The van der Waals surface area contributed by atoms with Gasteiger partial charge in [-0.25, -0.2) is 0 Å². The second-order valence-electron chi connectivity index (χ2n) is 13.5. The zero-order valence-corrected chi connectivity index (χ0v) is 12.8. The lowest BCUT2D eigenvalue weighted by atomic mass is 9.83. The van der Waals surface area contributed by atoms with Crippen LogP contribution in [0.5, 0.6) is 0 Å². The molecule has 23 heavy (non-hydrogen) atoms. The van der Waals surface area contributed by atoms with E-state index in [2.05, 4.69) is 6.92 Å². The third-order valence-corrected chi connectivity index (χ3v) is 18.8. The largest absolute Gasteiger partial charge is 0.285 e. The summed E-state index contributed by atoms with van der Waals surface area (Å²) in [4.78, 5) is 0. The van der Waals surface area contributed by atoms with Crippen LogP contribution in [0.2, 0.25) is 0 Å². The van der Waals surface area contributed by atoms with E-state index in [-0.39, 0.29) is 10.7 Å². The van der Waals surface area contributed by atoms with Crippen molar-refractivity contribution in [1.29, 1.82) is 0 Å². The van der Waals surface area contributed by atoms with Gasteiger partial charge < -0.3 is 0 Å². The van der Waals surface area contributed by atoms with E-state index < -0.39 is 10.1 Å². The Morgan fingerprint density at radius 3 is 1.74 bits per heavy atom. The standard InChI is InChI=1S/C19H8O3S/c1-2-3-6(2)8(3)10(6)12(8)14(10)16(12)18(14)17-13-9-4-5(23(20,21)22)7(4,9)11(9,13)15(13,17)19(16,17)18/h2-5H,1H3,(H,20,21,22). The van der Waals surface area contributed by atoms with Gasteiger partial charge in [-0.1, -0.05) is 6.92 Å². The summed E-state index contributed by atoms with van der Waals surface area (Å²) >= 11 is 0. The predicted octanol–water partition coefficient (Wildman–Crippen LogP) is 0.139. The van der Waals surface area contributed by atoms with Gasteiger partial charge >= 0.3 is 0 Å². The van der Waals surface area contributed by atoms with Crippen LogP contribution in [0.15, 0.2) is 0 Å². The molecule has 0 amide bonds. The first kappa shape index (κ1) is 7.65. The van der Waals surface area contributed by atoms with Gasteiger partial charge in [0.15, 0.2) is 0 Å². The van der Waals surface area contributed by atoms with Gasteiger partial charge in [0.1, 0.15) is 0 Å². The van der Waals surface area contributed by atoms with Gasteiger partial charge in [-0.2, -0.15) is 8.42 Å². The molecule has 108 valence electrons. The van der Waals surface area contributed by atoms with E-state index >= 15 is 0 Å². The van der Waals surface area contributed by atoms with Crippen molar-refractivity contribution in [2.45, 2.75) is 12.2 Å². The van der Waals surface area contributed by atoms with Gasteiger partial charge in [0, 0.05) is 10.8 Å². The Kier molecular flexibility index (Phi) is 0.307. The van der Waals surface area contributed by atoms with E-state index in [0.29, 0.717) is 16.7 Å². The maximum Gasteiger partial charge on any atom is 0.268 e. The van der Waals surface area contributed by atoms with Gasteiger partial charge in [0.25, 0.3) is 10.1 Å². The summed E-state index contributed by atoms with van der Waals surface area (Å²) < 4.78 is 32.7. The highest BCUT2D eigenvalue weighted by Crippen LogP contribution is 3.89. The smallest absolute Gasteiger partial charge is 0.268 e. The minimum absolute atomic E-state index is 0.220. The minimum Gasteiger partial charge on any atom is -0.285 e. The number of rotatable bonds is 1. The Hall–Kier alpha value is -0.0900. The molecule has 16 aliphatic rings. The fraction of sp³-hybridized carbons (Fsp3) is 1.00. The van der Waals surface area contributed by atoms with Crippen LogP contribution >= 0.6 is 0 Å². The molecule has 4 heteroatoms. The summed E-state index contributed by atoms with van der Waals surface area (Å²) in [6, 6.07) is 0. The molecule has 18 unspecified atom stereocenters. The monoisotopic (exact) mass is 316 g/mol. The number of hydrogen-bond acceptors (Lipinski definition) is 2. The zero-order chi connectivity index (χ0) is 13.8.